The van der Waals surface area contributed by atoms with Crippen LogP contribution in [-0.4, -0.2) is 18.2 Å². The number of hydrogen-bond acceptors (Lipinski definition) is 5. The first kappa shape index (κ1) is 11.0. The lowest BCUT2D eigenvalue weighted by molar-refractivity contribution is 0.101. The van der Waals surface area contributed by atoms with E-state index in [0.717, 1.165) is 0 Å². The van der Waals surface area contributed by atoms with Crippen LogP contribution in [0.3, 0.4) is 0 Å². The highest BCUT2D eigenvalue weighted by molar-refractivity contribution is 6.02. The van der Waals surface area contributed by atoms with E-state index in [0.29, 0.717) is 17.1 Å². The summed E-state index contributed by atoms with van der Waals surface area (Å²) in [6.45, 7) is 0. The minimum Gasteiger partial charge on any atom is -0.495 e. The van der Waals surface area contributed by atoms with Gasteiger partial charge in [-0.15, -0.1) is 0 Å². The number of hydrogen-bond donors (Lipinski definition) is 2. The molecule has 0 radical (unpaired) electrons. The van der Waals surface area contributed by atoms with Gasteiger partial charge in [-0.25, -0.2) is 0 Å². The third kappa shape index (κ3) is 2.36. The minimum atomic E-state index is -0.358. The zero-order chi connectivity index (χ0) is 12.3. The second-order valence-corrected chi connectivity index (χ2v) is 3.30. The monoisotopic (exact) mass is 233 g/mol. The molecule has 1 aromatic carbocycles. The van der Waals surface area contributed by atoms with Crippen LogP contribution in [0.1, 0.15) is 10.5 Å². The predicted molar refractivity (Wildman–Crippen MR) is 61.9 cm³/mol. The van der Waals surface area contributed by atoms with Crippen molar-refractivity contribution in [1.82, 2.24) is 5.16 Å². The second-order valence-electron chi connectivity index (χ2n) is 3.30. The van der Waals surface area contributed by atoms with Crippen molar-refractivity contribution in [2.45, 2.75) is 0 Å². The highest BCUT2D eigenvalue weighted by atomic mass is 16.5. The van der Waals surface area contributed by atoms with Gasteiger partial charge in [-0.3, -0.25) is 4.79 Å². The molecule has 2 aromatic rings. The first-order valence-corrected chi connectivity index (χ1v) is 4.86. The van der Waals surface area contributed by atoms with Crippen LogP contribution in [0.15, 0.2) is 35.1 Å². The molecule has 0 aliphatic rings. The Morgan fingerprint density at radius 1 is 1.47 bits per heavy atom. The first-order valence-electron chi connectivity index (χ1n) is 4.86. The Labute approximate surface area is 97.3 Å². The Morgan fingerprint density at radius 2 is 2.29 bits per heavy atom. The van der Waals surface area contributed by atoms with Crippen molar-refractivity contribution >= 4 is 17.3 Å². The van der Waals surface area contributed by atoms with Crippen LogP contribution in [0.25, 0.3) is 0 Å². The molecule has 88 valence electrons. The van der Waals surface area contributed by atoms with E-state index in [1.165, 1.54) is 19.4 Å². The lowest BCUT2D eigenvalue weighted by Gasteiger charge is -2.07. The fourth-order valence-electron chi connectivity index (χ4n) is 1.34. The Bertz CT molecular complexity index is 523. The zero-order valence-electron chi connectivity index (χ0n) is 9.14. The first-order chi connectivity index (χ1) is 8.20. The highest BCUT2D eigenvalue weighted by Crippen LogP contribution is 2.24. The van der Waals surface area contributed by atoms with Crippen molar-refractivity contribution < 1.29 is 14.1 Å². The van der Waals surface area contributed by atoms with Gasteiger partial charge in [0.25, 0.3) is 5.91 Å². The SMILES string of the molecule is COc1ccc(NC(=O)c2ccon2)cc1N. The molecule has 0 saturated carbocycles. The molecule has 2 rings (SSSR count). The molecule has 0 unspecified atom stereocenters. The topological polar surface area (TPSA) is 90.4 Å². The average Bonchev–Trinajstić information content (AvgIpc) is 2.82. The molecule has 0 fully saturated rings. The maximum atomic E-state index is 11.6. The van der Waals surface area contributed by atoms with E-state index in [9.17, 15) is 4.79 Å². The van der Waals surface area contributed by atoms with Crippen LogP contribution < -0.4 is 15.8 Å². The van der Waals surface area contributed by atoms with Crippen molar-refractivity contribution in [3.63, 3.8) is 0 Å². The van der Waals surface area contributed by atoms with Crippen molar-refractivity contribution in [3.05, 3.63) is 36.2 Å². The van der Waals surface area contributed by atoms with Crippen LogP contribution >= 0.6 is 0 Å². The third-order valence-electron chi connectivity index (χ3n) is 2.16. The molecular formula is C11H11N3O3. The van der Waals surface area contributed by atoms with Crippen molar-refractivity contribution in [2.24, 2.45) is 0 Å². The van der Waals surface area contributed by atoms with Gasteiger partial charge in [-0.1, -0.05) is 5.16 Å². The number of carbonyl (C=O) groups is 1. The lowest BCUT2D eigenvalue weighted by Crippen LogP contribution is -2.12. The molecule has 1 heterocycles. The van der Waals surface area contributed by atoms with Crippen LogP contribution in [0, 0.1) is 0 Å². The zero-order valence-corrected chi connectivity index (χ0v) is 9.14. The molecule has 0 saturated heterocycles. The summed E-state index contributed by atoms with van der Waals surface area (Å²) in [5.74, 6) is 0.202. The van der Waals surface area contributed by atoms with Gasteiger partial charge in [0.15, 0.2) is 5.69 Å². The Morgan fingerprint density at radius 3 is 2.88 bits per heavy atom. The number of amides is 1. The van der Waals surface area contributed by atoms with E-state index in [-0.39, 0.29) is 11.6 Å². The van der Waals surface area contributed by atoms with Gasteiger partial charge in [0.05, 0.1) is 12.8 Å². The Kier molecular flexibility index (Phi) is 2.95. The van der Waals surface area contributed by atoms with E-state index in [1.807, 2.05) is 0 Å². The van der Waals surface area contributed by atoms with Gasteiger partial charge in [-0.05, 0) is 18.2 Å². The molecule has 6 heteroatoms. The number of nitrogens with one attached hydrogen (secondary N) is 1. The summed E-state index contributed by atoms with van der Waals surface area (Å²) in [6.07, 6.45) is 1.33. The van der Waals surface area contributed by atoms with Crippen molar-refractivity contribution in [3.8, 4) is 5.75 Å². The van der Waals surface area contributed by atoms with E-state index in [1.54, 1.807) is 18.2 Å². The van der Waals surface area contributed by atoms with E-state index >= 15 is 0 Å². The number of nitrogens with zero attached hydrogens (tertiary/aromatic N) is 1. The van der Waals surface area contributed by atoms with Crippen molar-refractivity contribution in [1.29, 1.82) is 0 Å². The molecule has 17 heavy (non-hydrogen) atoms. The summed E-state index contributed by atoms with van der Waals surface area (Å²) in [6, 6.07) is 6.44. The molecule has 0 aliphatic heterocycles. The van der Waals surface area contributed by atoms with Crippen LogP contribution in [0.5, 0.6) is 5.75 Å². The number of nitrogen functional groups attached to an aromatic ring is 1. The highest BCUT2D eigenvalue weighted by Gasteiger charge is 2.09. The molecule has 0 bridgehead atoms. The molecule has 1 aromatic heterocycles. The van der Waals surface area contributed by atoms with Gasteiger partial charge >= 0.3 is 0 Å². The molecule has 0 aliphatic carbocycles. The number of methoxy groups -OCH3 is 1. The largest absolute Gasteiger partial charge is 0.495 e. The number of anilines is 2. The molecule has 0 atom stereocenters. The van der Waals surface area contributed by atoms with Gasteiger partial charge in [0.2, 0.25) is 0 Å². The number of benzene rings is 1. The quantitative estimate of drug-likeness (QED) is 0.784. The van der Waals surface area contributed by atoms with Crippen LogP contribution in [0.4, 0.5) is 11.4 Å². The molecular weight excluding hydrogens is 222 g/mol. The minimum absolute atomic E-state index is 0.208. The third-order valence-corrected chi connectivity index (χ3v) is 2.16. The van der Waals surface area contributed by atoms with E-state index in [4.69, 9.17) is 10.5 Å². The average molecular weight is 233 g/mol. The van der Waals surface area contributed by atoms with Gasteiger partial charge in [-0.2, -0.15) is 0 Å². The Balaban J connectivity index is 2.14. The standard InChI is InChI=1S/C11H11N3O3/c1-16-10-3-2-7(6-8(10)12)13-11(15)9-4-5-17-14-9/h2-6H,12H2,1H3,(H,13,15). The van der Waals surface area contributed by atoms with E-state index in [2.05, 4.69) is 15.0 Å². The summed E-state index contributed by atoms with van der Waals surface area (Å²) in [4.78, 5) is 11.6. The smallest absolute Gasteiger partial charge is 0.277 e. The molecule has 3 N–H and O–H groups in total. The summed E-state index contributed by atoms with van der Waals surface area (Å²) < 4.78 is 9.59. The normalized spacial score (nSPS) is 9.94. The maximum Gasteiger partial charge on any atom is 0.277 e. The summed E-state index contributed by atoms with van der Waals surface area (Å²) in [5.41, 5.74) is 6.94. The fraction of sp³-hybridized carbons (Fsp3) is 0.0909. The molecule has 6 nitrogen and oxygen atoms in total. The number of carbonyl (C=O) groups excluding carboxylic acids is 1. The van der Waals surface area contributed by atoms with Gasteiger partial charge < -0.3 is 20.3 Å². The van der Waals surface area contributed by atoms with E-state index < -0.39 is 0 Å². The van der Waals surface area contributed by atoms with Crippen molar-refractivity contribution in [2.75, 3.05) is 18.2 Å². The molecule has 0 spiro atoms. The summed E-state index contributed by atoms with van der Waals surface area (Å²) in [5, 5.41) is 6.16. The number of nitrogens with two attached hydrogens (primary N) is 1. The van der Waals surface area contributed by atoms with Crippen LogP contribution in [-0.2, 0) is 0 Å². The molecule has 1 amide bonds. The van der Waals surface area contributed by atoms with Crippen LogP contribution in [0.2, 0.25) is 0 Å². The number of ether oxygens (including phenoxy) is 1. The number of rotatable bonds is 3. The summed E-state index contributed by atoms with van der Waals surface area (Å²) in [7, 11) is 1.53. The van der Waals surface area contributed by atoms with Gasteiger partial charge in [0.1, 0.15) is 12.0 Å². The predicted octanol–water partition coefficient (Wildman–Crippen LogP) is 1.52. The van der Waals surface area contributed by atoms with Gasteiger partial charge in [0, 0.05) is 11.8 Å². The Hall–Kier alpha value is -2.50. The summed E-state index contributed by atoms with van der Waals surface area (Å²) >= 11 is 0. The lowest BCUT2D eigenvalue weighted by atomic mass is 10.2. The number of aromatic nitrogens is 1. The second kappa shape index (κ2) is 4.56. The fourth-order valence-corrected chi connectivity index (χ4v) is 1.34. The maximum absolute atomic E-state index is 11.6.